The fourth-order valence-corrected chi connectivity index (χ4v) is 2.83. The molecule has 0 radical (unpaired) electrons. The van der Waals surface area contributed by atoms with Gasteiger partial charge in [0.05, 0.1) is 7.11 Å². The number of rotatable bonds is 6. The van der Waals surface area contributed by atoms with Crippen LogP contribution in [-0.4, -0.2) is 37.7 Å². The molecule has 112 valence electrons. The quantitative estimate of drug-likeness (QED) is 0.867. The maximum Gasteiger partial charge on any atom is 0.126 e. The van der Waals surface area contributed by atoms with Crippen LogP contribution in [0.5, 0.6) is 5.75 Å². The van der Waals surface area contributed by atoms with Gasteiger partial charge in [-0.1, -0.05) is 19.9 Å². The molecule has 1 heterocycles. The van der Waals surface area contributed by atoms with E-state index < -0.39 is 0 Å². The first kappa shape index (κ1) is 15.3. The van der Waals surface area contributed by atoms with Gasteiger partial charge in [0.2, 0.25) is 0 Å². The van der Waals surface area contributed by atoms with Gasteiger partial charge in [0.25, 0.3) is 0 Å². The van der Waals surface area contributed by atoms with Crippen LogP contribution < -0.4 is 10.1 Å². The van der Waals surface area contributed by atoms with Gasteiger partial charge >= 0.3 is 0 Å². The summed E-state index contributed by atoms with van der Waals surface area (Å²) in [6.45, 7) is 8.45. The van der Waals surface area contributed by atoms with Crippen molar-refractivity contribution < 1.29 is 9.13 Å². The Morgan fingerprint density at radius 3 is 2.85 bits per heavy atom. The lowest BCUT2D eigenvalue weighted by Crippen LogP contribution is -2.38. The average molecular weight is 280 g/mol. The second-order valence-corrected chi connectivity index (χ2v) is 5.93. The van der Waals surface area contributed by atoms with E-state index in [2.05, 4.69) is 24.1 Å². The van der Waals surface area contributed by atoms with Crippen LogP contribution in [0.3, 0.4) is 0 Å². The average Bonchev–Trinajstić information content (AvgIpc) is 2.93. The topological polar surface area (TPSA) is 24.5 Å². The highest BCUT2D eigenvalue weighted by Crippen LogP contribution is 2.23. The first-order valence-electron chi connectivity index (χ1n) is 7.37. The van der Waals surface area contributed by atoms with Gasteiger partial charge in [-0.2, -0.15) is 0 Å². The fourth-order valence-electron chi connectivity index (χ4n) is 2.83. The lowest BCUT2D eigenvalue weighted by molar-refractivity contribution is 0.175. The molecule has 1 aromatic carbocycles. The Labute approximate surface area is 121 Å². The van der Waals surface area contributed by atoms with E-state index in [0.29, 0.717) is 17.7 Å². The molecule has 3 nitrogen and oxygen atoms in total. The maximum absolute atomic E-state index is 13.3. The molecule has 1 saturated heterocycles. The molecular formula is C16H25FN2O. The van der Waals surface area contributed by atoms with Gasteiger partial charge in [-0.25, -0.2) is 4.39 Å². The molecule has 1 fully saturated rings. The Morgan fingerprint density at radius 2 is 2.25 bits per heavy atom. The van der Waals surface area contributed by atoms with Crippen LogP contribution in [0.4, 0.5) is 4.39 Å². The highest BCUT2D eigenvalue weighted by Gasteiger charge is 2.23. The number of hydrogen-bond donors (Lipinski definition) is 1. The van der Waals surface area contributed by atoms with E-state index in [0.717, 1.165) is 31.7 Å². The number of ether oxygens (including phenoxy) is 1. The molecule has 0 aliphatic carbocycles. The largest absolute Gasteiger partial charge is 0.496 e. The second-order valence-electron chi connectivity index (χ2n) is 5.93. The van der Waals surface area contributed by atoms with Gasteiger partial charge in [-0.05, 0) is 24.9 Å². The Hall–Kier alpha value is -1.13. The van der Waals surface area contributed by atoms with Gasteiger partial charge in [0, 0.05) is 37.3 Å². The minimum atomic E-state index is -0.247. The van der Waals surface area contributed by atoms with Gasteiger partial charge in [0.1, 0.15) is 11.6 Å². The molecule has 1 aromatic rings. The minimum absolute atomic E-state index is 0.247. The van der Waals surface area contributed by atoms with E-state index in [1.165, 1.54) is 18.6 Å². The van der Waals surface area contributed by atoms with Crippen LogP contribution >= 0.6 is 0 Å². The summed E-state index contributed by atoms with van der Waals surface area (Å²) in [7, 11) is 1.60. The summed E-state index contributed by atoms with van der Waals surface area (Å²) in [5.74, 6) is 1.01. The van der Waals surface area contributed by atoms with Gasteiger partial charge in [0.15, 0.2) is 0 Å². The molecule has 2 rings (SSSR count). The molecule has 0 unspecified atom stereocenters. The van der Waals surface area contributed by atoms with Crippen LogP contribution in [0, 0.1) is 11.7 Å². The molecule has 0 amide bonds. The monoisotopic (exact) mass is 280 g/mol. The SMILES string of the molecule is COc1cc(F)ccc1CN(CC(C)C)[C@H]1CCNC1. The number of hydrogen-bond acceptors (Lipinski definition) is 3. The van der Waals surface area contributed by atoms with Crippen LogP contribution in [0.15, 0.2) is 18.2 Å². The van der Waals surface area contributed by atoms with Crippen molar-refractivity contribution in [3.8, 4) is 5.75 Å². The molecular weight excluding hydrogens is 255 g/mol. The Morgan fingerprint density at radius 1 is 1.45 bits per heavy atom. The predicted molar refractivity (Wildman–Crippen MR) is 79.5 cm³/mol. The van der Waals surface area contributed by atoms with E-state index in [-0.39, 0.29) is 5.82 Å². The van der Waals surface area contributed by atoms with Crippen LogP contribution in [-0.2, 0) is 6.54 Å². The Kier molecular flexibility index (Phi) is 5.38. The zero-order valence-electron chi connectivity index (χ0n) is 12.7. The summed E-state index contributed by atoms with van der Waals surface area (Å²) in [5.41, 5.74) is 1.06. The van der Waals surface area contributed by atoms with Crippen molar-refractivity contribution in [3.05, 3.63) is 29.6 Å². The molecule has 20 heavy (non-hydrogen) atoms. The Balaban J connectivity index is 2.13. The molecule has 0 bridgehead atoms. The summed E-state index contributed by atoms with van der Waals surface area (Å²) >= 11 is 0. The molecule has 0 spiro atoms. The lowest BCUT2D eigenvalue weighted by Gasteiger charge is -2.30. The van der Waals surface area contributed by atoms with Crippen LogP contribution in [0.25, 0.3) is 0 Å². The van der Waals surface area contributed by atoms with Crippen LogP contribution in [0.1, 0.15) is 25.8 Å². The predicted octanol–water partition coefficient (Wildman–Crippen LogP) is 2.65. The maximum atomic E-state index is 13.3. The van der Waals surface area contributed by atoms with Crippen molar-refractivity contribution in [1.29, 1.82) is 0 Å². The molecule has 0 saturated carbocycles. The summed E-state index contributed by atoms with van der Waals surface area (Å²) < 4.78 is 18.6. The van der Waals surface area contributed by atoms with E-state index in [1.54, 1.807) is 7.11 Å². The second kappa shape index (κ2) is 7.04. The third kappa shape index (κ3) is 3.93. The van der Waals surface area contributed by atoms with E-state index in [1.807, 2.05) is 6.07 Å². The van der Waals surface area contributed by atoms with E-state index in [4.69, 9.17) is 4.74 Å². The molecule has 1 atom stereocenters. The highest BCUT2D eigenvalue weighted by molar-refractivity contribution is 5.34. The summed E-state index contributed by atoms with van der Waals surface area (Å²) in [4.78, 5) is 2.49. The standard InChI is InChI=1S/C16H25FN2O/c1-12(2)10-19(15-6-7-18-9-15)11-13-4-5-14(17)8-16(13)20-3/h4-5,8,12,15,18H,6-7,9-11H2,1-3H3/t15-/m0/s1. The van der Waals surface area contributed by atoms with Gasteiger partial charge in [-0.3, -0.25) is 4.90 Å². The van der Waals surface area contributed by atoms with Crippen molar-refractivity contribution in [2.24, 2.45) is 5.92 Å². The van der Waals surface area contributed by atoms with Gasteiger partial charge < -0.3 is 10.1 Å². The number of benzene rings is 1. The summed E-state index contributed by atoms with van der Waals surface area (Å²) in [6, 6.07) is 5.38. The normalized spacial score (nSPS) is 19.0. The third-order valence-corrected chi connectivity index (χ3v) is 3.77. The van der Waals surface area contributed by atoms with E-state index in [9.17, 15) is 4.39 Å². The smallest absolute Gasteiger partial charge is 0.126 e. The van der Waals surface area contributed by atoms with Crippen LogP contribution in [0.2, 0.25) is 0 Å². The van der Waals surface area contributed by atoms with Crippen molar-refractivity contribution in [3.63, 3.8) is 0 Å². The number of halogens is 1. The minimum Gasteiger partial charge on any atom is -0.496 e. The number of nitrogens with zero attached hydrogens (tertiary/aromatic N) is 1. The van der Waals surface area contributed by atoms with Crippen molar-refractivity contribution in [2.75, 3.05) is 26.7 Å². The molecule has 1 aliphatic heterocycles. The van der Waals surface area contributed by atoms with Crippen molar-refractivity contribution in [2.45, 2.75) is 32.9 Å². The summed E-state index contributed by atoms with van der Waals surface area (Å²) in [5, 5.41) is 3.42. The first-order chi connectivity index (χ1) is 9.60. The molecule has 4 heteroatoms. The first-order valence-corrected chi connectivity index (χ1v) is 7.37. The summed E-state index contributed by atoms with van der Waals surface area (Å²) in [6.07, 6.45) is 1.18. The zero-order chi connectivity index (χ0) is 14.5. The Bertz CT molecular complexity index is 430. The van der Waals surface area contributed by atoms with E-state index >= 15 is 0 Å². The zero-order valence-corrected chi connectivity index (χ0v) is 12.7. The molecule has 1 N–H and O–H groups in total. The van der Waals surface area contributed by atoms with Crippen molar-refractivity contribution in [1.82, 2.24) is 10.2 Å². The third-order valence-electron chi connectivity index (χ3n) is 3.77. The fraction of sp³-hybridized carbons (Fsp3) is 0.625. The molecule has 1 aliphatic rings. The highest BCUT2D eigenvalue weighted by atomic mass is 19.1. The van der Waals surface area contributed by atoms with Gasteiger partial charge in [-0.15, -0.1) is 0 Å². The number of nitrogens with one attached hydrogen (secondary N) is 1. The molecule has 0 aromatic heterocycles. The number of methoxy groups -OCH3 is 1. The van der Waals surface area contributed by atoms with Crippen molar-refractivity contribution >= 4 is 0 Å². The lowest BCUT2D eigenvalue weighted by atomic mass is 10.1.